The minimum atomic E-state index is -0.131. The van der Waals surface area contributed by atoms with Gasteiger partial charge in [0.15, 0.2) is 5.82 Å². The van der Waals surface area contributed by atoms with Crippen molar-refractivity contribution in [3.8, 4) is 0 Å². The van der Waals surface area contributed by atoms with Gasteiger partial charge in [-0.3, -0.25) is 9.59 Å². The number of rotatable bonds is 6. The van der Waals surface area contributed by atoms with E-state index >= 15 is 0 Å². The van der Waals surface area contributed by atoms with Crippen LogP contribution in [0.2, 0.25) is 0 Å². The predicted octanol–water partition coefficient (Wildman–Crippen LogP) is 2.96. The van der Waals surface area contributed by atoms with Crippen LogP contribution in [0.1, 0.15) is 60.1 Å². The lowest BCUT2D eigenvalue weighted by molar-refractivity contribution is -0.122. The summed E-state index contributed by atoms with van der Waals surface area (Å²) in [6.45, 7) is 0.277. The highest BCUT2D eigenvalue weighted by atomic mass is 16.5. The highest BCUT2D eigenvalue weighted by Crippen LogP contribution is 2.38. The van der Waals surface area contributed by atoms with Crippen molar-refractivity contribution in [3.05, 3.63) is 41.5 Å². The molecule has 0 aliphatic heterocycles. The van der Waals surface area contributed by atoms with E-state index in [1.807, 2.05) is 0 Å². The Morgan fingerprint density at radius 3 is 2.54 bits per heavy atom. The number of anilines is 1. The highest BCUT2D eigenvalue weighted by Gasteiger charge is 2.29. The van der Waals surface area contributed by atoms with E-state index in [0.717, 1.165) is 37.9 Å². The average molecular weight is 354 g/mol. The summed E-state index contributed by atoms with van der Waals surface area (Å²) in [6.07, 6.45) is 5.27. The van der Waals surface area contributed by atoms with Crippen LogP contribution in [-0.2, 0) is 11.3 Å². The molecule has 1 aromatic heterocycles. The van der Waals surface area contributed by atoms with Gasteiger partial charge in [0, 0.05) is 30.1 Å². The fourth-order valence-electron chi connectivity index (χ4n) is 2.95. The Bertz CT molecular complexity index is 806. The number of hydrogen-bond acceptors (Lipinski definition) is 5. The molecule has 7 nitrogen and oxygen atoms in total. The van der Waals surface area contributed by atoms with Gasteiger partial charge in [-0.25, -0.2) is 0 Å². The van der Waals surface area contributed by atoms with Crippen LogP contribution in [0.4, 0.5) is 5.69 Å². The van der Waals surface area contributed by atoms with Gasteiger partial charge in [0.2, 0.25) is 11.8 Å². The number of benzene rings is 1. The molecule has 2 saturated carbocycles. The summed E-state index contributed by atoms with van der Waals surface area (Å²) in [5.74, 6) is 1.69. The van der Waals surface area contributed by atoms with Crippen molar-refractivity contribution in [1.82, 2.24) is 15.0 Å². The molecule has 2 fully saturated rings. The van der Waals surface area contributed by atoms with Crippen LogP contribution in [0.5, 0.6) is 0 Å². The predicted molar refractivity (Wildman–Crippen MR) is 94.5 cm³/mol. The van der Waals surface area contributed by atoms with Crippen molar-refractivity contribution < 1.29 is 14.1 Å². The van der Waals surface area contributed by atoms with Crippen molar-refractivity contribution in [3.63, 3.8) is 0 Å². The number of aromatic nitrogens is 2. The molecule has 1 heterocycles. The fraction of sp³-hybridized carbons (Fsp3) is 0.474. The maximum atomic E-state index is 12.5. The molecule has 2 aliphatic rings. The Hall–Kier alpha value is -2.70. The standard InChI is InChI=1S/C19H22N4O3/c1-23(11-16-21-17(22-26-16)12-5-6-12)19(25)14-7-9-15(10-8-14)20-18(24)13-3-2-4-13/h7-10,12-13H,2-6,11H2,1H3,(H,20,24). The lowest BCUT2D eigenvalue weighted by Gasteiger charge is -2.24. The molecule has 2 aromatic rings. The molecule has 2 aliphatic carbocycles. The van der Waals surface area contributed by atoms with Crippen LogP contribution < -0.4 is 5.32 Å². The quantitative estimate of drug-likeness (QED) is 0.861. The number of amides is 2. The Morgan fingerprint density at radius 1 is 1.19 bits per heavy atom. The monoisotopic (exact) mass is 354 g/mol. The molecule has 4 rings (SSSR count). The van der Waals surface area contributed by atoms with Gasteiger partial charge in [-0.05, 0) is 49.9 Å². The molecule has 0 spiro atoms. The largest absolute Gasteiger partial charge is 0.337 e. The molecular formula is C19H22N4O3. The summed E-state index contributed by atoms with van der Waals surface area (Å²) in [6, 6.07) is 6.96. The van der Waals surface area contributed by atoms with Crippen molar-refractivity contribution >= 4 is 17.5 Å². The highest BCUT2D eigenvalue weighted by molar-refractivity contribution is 5.96. The third-order valence-electron chi connectivity index (χ3n) is 5.02. The molecule has 0 atom stereocenters. The van der Waals surface area contributed by atoms with Crippen molar-refractivity contribution in [2.45, 2.75) is 44.6 Å². The second-order valence-electron chi connectivity index (χ2n) is 7.18. The maximum absolute atomic E-state index is 12.5. The maximum Gasteiger partial charge on any atom is 0.254 e. The number of carbonyl (C=O) groups is 2. The van der Waals surface area contributed by atoms with Crippen LogP contribution in [0.3, 0.4) is 0 Å². The van der Waals surface area contributed by atoms with E-state index in [9.17, 15) is 9.59 Å². The van der Waals surface area contributed by atoms with E-state index in [0.29, 0.717) is 23.1 Å². The second-order valence-corrected chi connectivity index (χ2v) is 7.18. The molecule has 2 amide bonds. The third kappa shape index (κ3) is 3.61. The molecule has 0 saturated heterocycles. The van der Waals surface area contributed by atoms with E-state index in [2.05, 4.69) is 15.5 Å². The van der Waals surface area contributed by atoms with E-state index in [1.54, 1.807) is 36.2 Å². The molecular weight excluding hydrogens is 332 g/mol. The first-order valence-corrected chi connectivity index (χ1v) is 9.09. The van der Waals surface area contributed by atoms with Crippen LogP contribution >= 0.6 is 0 Å². The van der Waals surface area contributed by atoms with Crippen molar-refractivity contribution in [2.75, 3.05) is 12.4 Å². The number of hydrogen-bond donors (Lipinski definition) is 1. The van der Waals surface area contributed by atoms with Gasteiger partial charge >= 0.3 is 0 Å². The molecule has 7 heteroatoms. The van der Waals surface area contributed by atoms with Gasteiger partial charge in [-0.15, -0.1) is 0 Å². The van der Waals surface area contributed by atoms with Crippen LogP contribution in [-0.4, -0.2) is 33.9 Å². The first-order chi connectivity index (χ1) is 12.6. The summed E-state index contributed by atoms with van der Waals surface area (Å²) in [5.41, 5.74) is 1.27. The Kier molecular flexibility index (Phi) is 4.44. The van der Waals surface area contributed by atoms with Gasteiger partial charge in [-0.1, -0.05) is 11.6 Å². The Labute approximate surface area is 151 Å². The van der Waals surface area contributed by atoms with E-state index in [4.69, 9.17) is 4.52 Å². The van der Waals surface area contributed by atoms with E-state index in [-0.39, 0.29) is 24.3 Å². The van der Waals surface area contributed by atoms with Gasteiger partial charge in [0.25, 0.3) is 5.91 Å². The lowest BCUT2D eigenvalue weighted by atomic mass is 9.85. The molecule has 0 radical (unpaired) electrons. The van der Waals surface area contributed by atoms with Crippen LogP contribution in [0.25, 0.3) is 0 Å². The Morgan fingerprint density at radius 2 is 1.92 bits per heavy atom. The molecule has 26 heavy (non-hydrogen) atoms. The third-order valence-corrected chi connectivity index (χ3v) is 5.02. The summed E-state index contributed by atoms with van der Waals surface area (Å²) in [5, 5.41) is 6.87. The summed E-state index contributed by atoms with van der Waals surface area (Å²) >= 11 is 0. The number of nitrogens with one attached hydrogen (secondary N) is 1. The number of nitrogens with zero attached hydrogens (tertiary/aromatic N) is 3. The zero-order valence-electron chi connectivity index (χ0n) is 14.8. The minimum absolute atomic E-state index is 0.0651. The summed E-state index contributed by atoms with van der Waals surface area (Å²) in [7, 11) is 1.70. The first kappa shape index (κ1) is 16.8. The second kappa shape index (κ2) is 6.90. The molecule has 0 bridgehead atoms. The summed E-state index contributed by atoms with van der Waals surface area (Å²) in [4.78, 5) is 30.4. The zero-order chi connectivity index (χ0) is 18.1. The lowest BCUT2D eigenvalue weighted by Crippen LogP contribution is -2.28. The van der Waals surface area contributed by atoms with Crippen molar-refractivity contribution in [1.29, 1.82) is 0 Å². The van der Waals surface area contributed by atoms with E-state index in [1.165, 1.54) is 0 Å². The van der Waals surface area contributed by atoms with E-state index < -0.39 is 0 Å². The fourth-order valence-corrected chi connectivity index (χ4v) is 2.95. The Balaban J connectivity index is 1.34. The van der Waals surface area contributed by atoms with Crippen LogP contribution in [0.15, 0.2) is 28.8 Å². The topological polar surface area (TPSA) is 88.3 Å². The SMILES string of the molecule is CN(Cc1nc(C2CC2)no1)C(=O)c1ccc(NC(=O)C2CCC2)cc1. The smallest absolute Gasteiger partial charge is 0.254 e. The van der Waals surface area contributed by atoms with Crippen LogP contribution in [0, 0.1) is 5.92 Å². The first-order valence-electron chi connectivity index (χ1n) is 9.09. The average Bonchev–Trinajstić information content (AvgIpc) is 3.33. The molecule has 0 unspecified atom stereocenters. The zero-order valence-corrected chi connectivity index (χ0v) is 14.8. The normalized spacial score (nSPS) is 16.8. The number of carbonyl (C=O) groups excluding carboxylic acids is 2. The van der Waals surface area contributed by atoms with Gasteiger partial charge < -0.3 is 14.7 Å². The summed E-state index contributed by atoms with van der Waals surface area (Å²) < 4.78 is 5.22. The van der Waals surface area contributed by atoms with Gasteiger partial charge in [-0.2, -0.15) is 4.98 Å². The molecule has 1 aromatic carbocycles. The molecule has 136 valence electrons. The minimum Gasteiger partial charge on any atom is -0.337 e. The molecule has 1 N–H and O–H groups in total. The van der Waals surface area contributed by atoms with Gasteiger partial charge in [0.1, 0.15) is 0 Å². The van der Waals surface area contributed by atoms with Gasteiger partial charge in [0.05, 0.1) is 6.54 Å². The van der Waals surface area contributed by atoms with Crippen molar-refractivity contribution in [2.24, 2.45) is 5.92 Å².